The number of aryl methyl sites for hydroxylation is 2. The summed E-state index contributed by atoms with van der Waals surface area (Å²) in [6.45, 7) is 2.54. The van der Waals surface area contributed by atoms with Gasteiger partial charge in [0.05, 0.1) is 18.4 Å². The summed E-state index contributed by atoms with van der Waals surface area (Å²) in [6.07, 6.45) is 2.12. The SMILES string of the molecule is COc1nc(/C=C/c2nc3n(n2)CCCC3c2ccccc2C(F)(F)F)ccc1-c1ccnc(C)c1. The van der Waals surface area contributed by atoms with Crippen molar-refractivity contribution in [1.29, 1.82) is 0 Å². The summed E-state index contributed by atoms with van der Waals surface area (Å²) < 4.78 is 48.1. The zero-order valence-corrected chi connectivity index (χ0v) is 19.8. The molecule has 6 nitrogen and oxygen atoms in total. The minimum Gasteiger partial charge on any atom is -0.481 e. The maximum Gasteiger partial charge on any atom is 0.416 e. The number of aromatic nitrogens is 5. The number of fused-ring (bicyclic) bond motifs is 1. The van der Waals surface area contributed by atoms with Crippen LogP contribution in [0.5, 0.6) is 5.88 Å². The Bertz CT molecular complexity index is 1430. The first-order valence-electron chi connectivity index (χ1n) is 11.6. The quantitative estimate of drug-likeness (QED) is 0.334. The van der Waals surface area contributed by atoms with Crippen LogP contribution >= 0.6 is 0 Å². The molecule has 0 aliphatic carbocycles. The number of nitrogens with zero attached hydrogens (tertiary/aromatic N) is 5. The third-order valence-electron chi connectivity index (χ3n) is 6.22. The lowest BCUT2D eigenvalue weighted by Gasteiger charge is -2.25. The van der Waals surface area contributed by atoms with Gasteiger partial charge in [-0.05, 0) is 73.4 Å². The van der Waals surface area contributed by atoms with Crippen LogP contribution in [-0.4, -0.2) is 31.8 Å². The maximum absolute atomic E-state index is 13.6. The molecule has 3 aromatic heterocycles. The van der Waals surface area contributed by atoms with Gasteiger partial charge >= 0.3 is 6.18 Å². The molecule has 4 aromatic rings. The van der Waals surface area contributed by atoms with Crippen LogP contribution in [0.2, 0.25) is 0 Å². The van der Waals surface area contributed by atoms with E-state index in [2.05, 4.69) is 20.1 Å². The number of halogens is 3. The van der Waals surface area contributed by atoms with Crippen LogP contribution < -0.4 is 4.74 Å². The van der Waals surface area contributed by atoms with Gasteiger partial charge in [-0.3, -0.25) is 4.98 Å². The lowest BCUT2D eigenvalue weighted by molar-refractivity contribution is -0.138. The van der Waals surface area contributed by atoms with Crippen LogP contribution in [0.15, 0.2) is 54.7 Å². The Morgan fingerprint density at radius 1 is 1.06 bits per heavy atom. The Labute approximate surface area is 206 Å². The summed E-state index contributed by atoms with van der Waals surface area (Å²) in [7, 11) is 1.57. The van der Waals surface area contributed by atoms with Gasteiger partial charge in [-0.15, -0.1) is 0 Å². The first kappa shape index (κ1) is 23.7. The van der Waals surface area contributed by atoms with Crippen molar-refractivity contribution < 1.29 is 17.9 Å². The molecule has 0 saturated heterocycles. The molecule has 0 spiro atoms. The maximum atomic E-state index is 13.6. The van der Waals surface area contributed by atoms with Gasteiger partial charge in [0.2, 0.25) is 5.88 Å². The van der Waals surface area contributed by atoms with E-state index in [-0.39, 0.29) is 5.56 Å². The summed E-state index contributed by atoms with van der Waals surface area (Å²) in [5.74, 6) is 0.985. The van der Waals surface area contributed by atoms with E-state index < -0.39 is 17.7 Å². The molecular weight excluding hydrogens is 467 g/mol. The van der Waals surface area contributed by atoms with Crippen LogP contribution in [-0.2, 0) is 12.7 Å². The fourth-order valence-electron chi connectivity index (χ4n) is 4.59. The number of hydrogen-bond donors (Lipinski definition) is 0. The van der Waals surface area contributed by atoms with Crippen LogP contribution in [0.3, 0.4) is 0 Å². The standard InChI is InChI=1S/C27H24F3N5O/c1-17-16-18(13-14-31-17)20-11-9-19(32-26(20)36-2)10-12-24-33-25-22(7-5-15-35(25)34-24)21-6-3-4-8-23(21)27(28,29)30/h3-4,6,8-14,16,22H,5,7,15H2,1-2H3/b12-10+. The first-order chi connectivity index (χ1) is 17.3. The van der Waals surface area contributed by atoms with Crippen LogP contribution in [0.4, 0.5) is 13.2 Å². The fourth-order valence-corrected chi connectivity index (χ4v) is 4.59. The number of methoxy groups -OCH3 is 1. The van der Waals surface area contributed by atoms with Gasteiger partial charge in [-0.25, -0.2) is 14.6 Å². The Kier molecular flexibility index (Phi) is 6.30. The molecule has 36 heavy (non-hydrogen) atoms. The molecule has 0 bridgehead atoms. The van der Waals surface area contributed by atoms with Gasteiger partial charge in [0.25, 0.3) is 0 Å². The highest BCUT2D eigenvalue weighted by atomic mass is 19.4. The number of ether oxygens (including phenoxy) is 1. The van der Waals surface area contributed by atoms with E-state index in [9.17, 15) is 13.2 Å². The molecule has 1 unspecified atom stereocenters. The lowest BCUT2D eigenvalue weighted by Crippen LogP contribution is -2.21. The number of rotatable bonds is 5. The van der Waals surface area contributed by atoms with E-state index in [1.54, 1.807) is 36.2 Å². The molecule has 1 aromatic carbocycles. The normalized spacial score (nSPS) is 15.8. The van der Waals surface area contributed by atoms with E-state index in [4.69, 9.17) is 4.74 Å². The van der Waals surface area contributed by atoms with E-state index >= 15 is 0 Å². The van der Waals surface area contributed by atoms with Gasteiger partial charge in [-0.2, -0.15) is 18.3 Å². The second-order valence-corrected chi connectivity index (χ2v) is 8.64. The van der Waals surface area contributed by atoms with Crippen molar-refractivity contribution in [3.05, 3.63) is 88.9 Å². The number of pyridine rings is 2. The van der Waals surface area contributed by atoms with Crippen LogP contribution in [0.25, 0.3) is 23.3 Å². The topological polar surface area (TPSA) is 65.7 Å². The van der Waals surface area contributed by atoms with Crippen molar-refractivity contribution in [2.24, 2.45) is 0 Å². The molecule has 0 N–H and O–H groups in total. The number of benzene rings is 1. The molecule has 0 fully saturated rings. The smallest absolute Gasteiger partial charge is 0.416 e. The molecule has 1 atom stereocenters. The van der Waals surface area contributed by atoms with Crippen molar-refractivity contribution >= 4 is 12.2 Å². The molecule has 0 saturated carbocycles. The molecule has 0 amide bonds. The van der Waals surface area contributed by atoms with Gasteiger partial charge in [0.1, 0.15) is 5.82 Å². The zero-order chi connectivity index (χ0) is 25.3. The summed E-state index contributed by atoms with van der Waals surface area (Å²) in [6, 6.07) is 13.4. The molecule has 0 radical (unpaired) electrons. The van der Waals surface area contributed by atoms with Crippen molar-refractivity contribution in [2.75, 3.05) is 7.11 Å². The molecule has 4 heterocycles. The molecule has 1 aliphatic rings. The fraction of sp³-hybridized carbons (Fsp3) is 0.259. The Morgan fingerprint density at radius 2 is 1.89 bits per heavy atom. The molecule has 184 valence electrons. The lowest BCUT2D eigenvalue weighted by atomic mass is 9.88. The summed E-state index contributed by atoms with van der Waals surface area (Å²) in [5.41, 5.74) is 2.96. The highest BCUT2D eigenvalue weighted by Crippen LogP contribution is 2.40. The van der Waals surface area contributed by atoms with Crippen molar-refractivity contribution in [2.45, 2.75) is 38.4 Å². The summed E-state index contributed by atoms with van der Waals surface area (Å²) in [4.78, 5) is 13.4. The molecular formula is C27H24F3N5O. The second-order valence-electron chi connectivity index (χ2n) is 8.64. The predicted octanol–water partition coefficient (Wildman–Crippen LogP) is 6.17. The highest BCUT2D eigenvalue weighted by molar-refractivity contribution is 5.72. The van der Waals surface area contributed by atoms with Gasteiger partial charge in [-0.1, -0.05) is 18.2 Å². The van der Waals surface area contributed by atoms with Gasteiger partial charge in [0, 0.05) is 29.9 Å². The second kappa shape index (κ2) is 9.56. The number of alkyl halides is 3. The van der Waals surface area contributed by atoms with E-state index in [1.165, 1.54) is 12.1 Å². The zero-order valence-electron chi connectivity index (χ0n) is 19.8. The Balaban J connectivity index is 1.43. The van der Waals surface area contributed by atoms with Gasteiger partial charge < -0.3 is 4.74 Å². The molecule has 5 rings (SSSR count). The van der Waals surface area contributed by atoms with Crippen LogP contribution in [0, 0.1) is 6.92 Å². The monoisotopic (exact) mass is 491 g/mol. The van der Waals surface area contributed by atoms with Gasteiger partial charge in [0.15, 0.2) is 5.82 Å². The molecule has 9 heteroatoms. The average Bonchev–Trinajstić information content (AvgIpc) is 3.30. The third kappa shape index (κ3) is 4.73. The largest absolute Gasteiger partial charge is 0.481 e. The minimum absolute atomic E-state index is 0.238. The summed E-state index contributed by atoms with van der Waals surface area (Å²) >= 11 is 0. The Hall–Kier alpha value is -4.01. The Morgan fingerprint density at radius 3 is 2.67 bits per heavy atom. The molecule has 1 aliphatic heterocycles. The highest BCUT2D eigenvalue weighted by Gasteiger charge is 2.37. The first-order valence-corrected chi connectivity index (χ1v) is 11.6. The predicted molar refractivity (Wildman–Crippen MR) is 130 cm³/mol. The van der Waals surface area contributed by atoms with Crippen molar-refractivity contribution in [1.82, 2.24) is 24.7 Å². The third-order valence-corrected chi connectivity index (χ3v) is 6.22. The van der Waals surface area contributed by atoms with Crippen molar-refractivity contribution in [3.63, 3.8) is 0 Å². The average molecular weight is 492 g/mol. The van der Waals surface area contributed by atoms with E-state index in [1.807, 2.05) is 31.2 Å². The minimum atomic E-state index is -4.42. The van der Waals surface area contributed by atoms with Crippen molar-refractivity contribution in [3.8, 4) is 17.0 Å². The van der Waals surface area contributed by atoms with Crippen LogP contribution in [0.1, 0.15) is 52.9 Å². The summed E-state index contributed by atoms with van der Waals surface area (Å²) in [5, 5.41) is 4.52. The van der Waals surface area contributed by atoms with E-state index in [0.717, 1.165) is 29.3 Å². The number of hydrogen-bond acceptors (Lipinski definition) is 5. The van der Waals surface area contributed by atoms with E-state index in [0.29, 0.717) is 36.2 Å².